The maximum Gasteiger partial charge on any atom is 0.201 e. The summed E-state index contributed by atoms with van der Waals surface area (Å²) in [7, 11) is 0. The van der Waals surface area contributed by atoms with Crippen LogP contribution in [0.5, 0.6) is 0 Å². The Morgan fingerprint density at radius 1 is 1.05 bits per heavy atom. The largest absolute Gasteiger partial charge is 0.368 e. The van der Waals surface area contributed by atoms with Crippen molar-refractivity contribution in [1.29, 1.82) is 0 Å². The number of rotatable bonds is 0. The van der Waals surface area contributed by atoms with Gasteiger partial charge in [0.2, 0.25) is 5.79 Å². The molecule has 5 rings (SSSR count). The number of fused-ring (bicyclic) bond motifs is 2. The minimum Gasteiger partial charge on any atom is -0.368 e. The number of hydrogen-bond donors (Lipinski definition) is 1. The van der Waals surface area contributed by atoms with Gasteiger partial charge in [-0.1, -0.05) is 13.8 Å². The van der Waals surface area contributed by atoms with Crippen LogP contribution in [0.25, 0.3) is 0 Å². The van der Waals surface area contributed by atoms with Gasteiger partial charge in [0.05, 0.1) is 0 Å². The molecule has 0 aromatic heterocycles. The van der Waals surface area contributed by atoms with Gasteiger partial charge in [-0.15, -0.1) is 0 Å². The van der Waals surface area contributed by atoms with Crippen LogP contribution in [0, 0.1) is 23.7 Å². The van der Waals surface area contributed by atoms with Crippen LogP contribution in [0.2, 0.25) is 0 Å². The molecule has 4 heterocycles. The molecule has 5 nitrogen and oxygen atoms in total. The highest BCUT2D eigenvalue weighted by Crippen LogP contribution is 2.60. The van der Waals surface area contributed by atoms with Crippen LogP contribution in [-0.4, -0.2) is 29.1 Å². The highest BCUT2D eigenvalue weighted by Gasteiger charge is 2.69. The van der Waals surface area contributed by atoms with E-state index >= 15 is 0 Å². The van der Waals surface area contributed by atoms with Gasteiger partial charge in [0, 0.05) is 18.3 Å². The summed E-state index contributed by atoms with van der Waals surface area (Å²) in [4.78, 5) is 11.6. The van der Waals surface area contributed by atoms with E-state index < -0.39 is 24.0 Å². The summed E-state index contributed by atoms with van der Waals surface area (Å²) in [5, 5.41) is 10.2. The van der Waals surface area contributed by atoms with E-state index in [0.717, 1.165) is 19.3 Å². The minimum atomic E-state index is -0.781. The SMILES string of the molecule is C[C@H]1[C@H](O)O[C@H]2O[C@@]3(C)CC[C@H]4[C@@H](C)CC[C@H]1[C@]24OO3. The van der Waals surface area contributed by atoms with Crippen LogP contribution in [0.3, 0.4) is 0 Å². The van der Waals surface area contributed by atoms with Gasteiger partial charge in [0.1, 0.15) is 0 Å². The normalized spacial score (nSPS) is 61.8. The second kappa shape index (κ2) is 4.17. The highest BCUT2D eigenvalue weighted by atomic mass is 17.3. The summed E-state index contributed by atoms with van der Waals surface area (Å²) < 4.78 is 11.9. The molecule has 0 aromatic rings. The Morgan fingerprint density at radius 3 is 2.65 bits per heavy atom. The second-order valence-corrected chi connectivity index (χ2v) is 7.30. The molecule has 1 saturated carbocycles. The zero-order valence-electron chi connectivity index (χ0n) is 12.4. The smallest absolute Gasteiger partial charge is 0.201 e. The molecule has 5 heteroatoms. The Kier molecular flexibility index (Phi) is 2.81. The number of aliphatic hydroxyl groups excluding tert-OH is 1. The Bertz CT molecular complexity index is 411. The molecule has 4 saturated heterocycles. The van der Waals surface area contributed by atoms with Crippen LogP contribution >= 0.6 is 0 Å². The number of hydrogen-bond acceptors (Lipinski definition) is 5. The zero-order chi connectivity index (χ0) is 14.1. The average Bonchev–Trinajstić information content (AvgIpc) is 2.63. The quantitative estimate of drug-likeness (QED) is 0.691. The molecule has 1 spiro atoms. The third-order valence-electron chi connectivity index (χ3n) is 6.12. The lowest BCUT2D eigenvalue weighted by atomic mass is 9.58. The maximum absolute atomic E-state index is 10.2. The number of ether oxygens (including phenoxy) is 2. The van der Waals surface area contributed by atoms with E-state index in [0.29, 0.717) is 11.8 Å². The molecule has 114 valence electrons. The van der Waals surface area contributed by atoms with Crippen LogP contribution in [-0.2, 0) is 19.2 Å². The van der Waals surface area contributed by atoms with Crippen molar-refractivity contribution in [3.05, 3.63) is 0 Å². The predicted molar refractivity (Wildman–Crippen MR) is 69.0 cm³/mol. The summed E-state index contributed by atoms with van der Waals surface area (Å²) >= 11 is 0. The van der Waals surface area contributed by atoms with Gasteiger partial charge in [-0.25, -0.2) is 9.78 Å². The fourth-order valence-corrected chi connectivity index (χ4v) is 4.89. The van der Waals surface area contributed by atoms with Gasteiger partial charge < -0.3 is 14.6 Å². The van der Waals surface area contributed by atoms with Crippen LogP contribution in [0.15, 0.2) is 0 Å². The Hall–Kier alpha value is -0.200. The van der Waals surface area contributed by atoms with E-state index in [1.807, 2.05) is 13.8 Å². The first-order chi connectivity index (χ1) is 9.46. The van der Waals surface area contributed by atoms with Gasteiger partial charge in [0.15, 0.2) is 18.2 Å². The van der Waals surface area contributed by atoms with Gasteiger partial charge >= 0.3 is 0 Å². The topological polar surface area (TPSA) is 57.2 Å². The molecule has 0 aromatic carbocycles. The van der Waals surface area contributed by atoms with Crippen molar-refractivity contribution >= 4 is 0 Å². The van der Waals surface area contributed by atoms with Gasteiger partial charge in [-0.05, 0) is 38.0 Å². The van der Waals surface area contributed by atoms with E-state index in [2.05, 4.69) is 6.92 Å². The summed E-state index contributed by atoms with van der Waals surface area (Å²) in [5.74, 6) is 0.437. The fraction of sp³-hybridized carbons (Fsp3) is 1.00. The van der Waals surface area contributed by atoms with Crippen molar-refractivity contribution in [3.63, 3.8) is 0 Å². The molecule has 1 N–H and O–H groups in total. The van der Waals surface area contributed by atoms with E-state index in [1.54, 1.807) is 0 Å². The third-order valence-corrected chi connectivity index (χ3v) is 6.12. The first kappa shape index (κ1) is 13.5. The summed E-state index contributed by atoms with van der Waals surface area (Å²) in [6.45, 7) is 6.22. The molecule has 20 heavy (non-hydrogen) atoms. The lowest BCUT2D eigenvalue weighted by Gasteiger charge is -2.59. The fourth-order valence-electron chi connectivity index (χ4n) is 4.89. The standard InChI is InChI=1S/C15H24O5/c1-8-4-5-11-9(2)12(16)17-13-15(11)10(8)6-7-14(3,18-13)19-20-15/h8-13,16H,4-7H2,1-3H3/t8-,9+,10-,11+,12+,13-,14+,15-/m0/s1. The van der Waals surface area contributed by atoms with E-state index in [4.69, 9.17) is 19.2 Å². The van der Waals surface area contributed by atoms with Crippen LogP contribution < -0.4 is 0 Å². The molecular weight excluding hydrogens is 260 g/mol. The van der Waals surface area contributed by atoms with E-state index in [9.17, 15) is 5.11 Å². The van der Waals surface area contributed by atoms with Gasteiger partial charge in [-0.2, -0.15) is 0 Å². The molecule has 0 unspecified atom stereocenters. The Labute approximate surface area is 119 Å². The molecule has 8 atom stereocenters. The van der Waals surface area contributed by atoms with Crippen molar-refractivity contribution in [2.24, 2.45) is 23.7 Å². The van der Waals surface area contributed by atoms with Gasteiger partial charge in [0.25, 0.3) is 0 Å². The lowest BCUT2D eigenvalue weighted by molar-refractivity contribution is -0.576. The van der Waals surface area contributed by atoms with Crippen LogP contribution in [0.1, 0.15) is 46.5 Å². The molecule has 4 aliphatic heterocycles. The first-order valence-electron chi connectivity index (χ1n) is 7.84. The summed E-state index contributed by atoms with van der Waals surface area (Å²) in [5.41, 5.74) is -0.549. The molecule has 5 aliphatic rings. The third kappa shape index (κ3) is 1.56. The summed E-state index contributed by atoms with van der Waals surface area (Å²) in [6.07, 6.45) is 2.72. The highest BCUT2D eigenvalue weighted by molar-refractivity contribution is 5.08. The maximum atomic E-state index is 10.2. The van der Waals surface area contributed by atoms with Gasteiger partial charge in [-0.3, -0.25) is 0 Å². The van der Waals surface area contributed by atoms with Crippen molar-refractivity contribution in [2.75, 3.05) is 0 Å². The zero-order valence-corrected chi connectivity index (χ0v) is 12.4. The average molecular weight is 284 g/mol. The predicted octanol–water partition coefficient (Wildman–Crippen LogP) is 2.19. The van der Waals surface area contributed by atoms with Crippen molar-refractivity contribution in [2.45, 2.75) is 70.4 Å². The lowest BCUT2D eigenvalue weighted by Crippen LogP contribution is -2.70. The second-order valence-electron chi connectivity index (χ2n) is 7.30. The van der Waals surface area contributed by atoms with Crippen molar-refractivity contribution in [3.8, 4) is 0 Å². The minimum absolute atomic E-state index is 0.0379. The Balaban J connectivity index is 1.82. The van der Waals surface area contributed by atoms with E-state index in [-0.39, 0.29) is 11.8 Å². The Morgan fingerprint density at radius 2 is 1.85 bits per heavy atom. The first-order valence-corrected chi connectivity index (χ1v) is 7.84. The molecule has 0 amide bonds. The number of aliphatic hydroxyl groups is 1. The molecule has 1 aliphatic carbocycles. The van der Waals surface area contributed by atoms with E-state index in [1.165, 1.54) is 6.42 Å². The summed E-state index contributed by atoms with van der Waals surface area (Å²) in [6, 6.07) is 0. The van der Waals surface area contributed by atoms with Crippen molar-refractivity contribution < 1.29 is 24.4 Å². The monoisotopic (exact) mass is 284 g/mol. The molecule has 0 radical (unpaired) electrons. The van der Waals surface area contributed by atoms with Crippen molar-refractivity contribution in [1.82, 2.24) is 0 Å². The van der Waals surface area contributed by atoms with Crippen LogP contribution in [0.4, 0.5) is 0 Å². The molecular formula is C15H24O5. The molecule has 5 fully saturated rings. The molecule has 2 bridgehead atoms.